The van der Waals surface area contributed by atoms with Gasteiger partial charge in [-0.3, -0.25) is 0 Å². The second kappa shape index (κ2) is 5.21. The van der Waals surface area contributed by atoms with Gasteiger partial charge in [0.2, 0.25) is 0 Å². The summed E-state index contributed by atoms with van der Waals surface area (Å²) in [7, 11) is -3.66. The van der Waals surface area contributed by atoms with Crippen molar-refractivity contribution < 1.29 is 12.8 Å². The monoisotopic (exact) mass is 275 g/mol. The molecule has 3 nitrogen and oxygen atoms in total. The summed E-state index contributed by atoms with van der Waals surface area (Å²) in [6.45, 7) is 0. The van der Waals surface area contributed by atoms with E-state index in [-0.39, 0.29) is 10.6 Å². The first-order valence-electron chi connectivity index (χ1n) is 5.49. The van der Waals surface area contributed by atoms with E-state index in [1.54, 1.807) is 24.3 Å². The van der Waals surface area contributed by atoms with Crippen LogP contribution >= 0.6 is 0 Å². The lowest BCUT2D eigenvalue weighted by Crippen LogP contribution is -2.06. The average Bonchev–Trinajstić information content (AvgIpc) is 2.39. The molecule has 0 saturated heterocycles. The van der Waals surface area contributed by atoms with E-state index in [9.17, 15) is 12.8 Å². The molecule has 0 spiro atoms. The van der Waals surface area contributed by atoms with E-state index in [0.717, 1.165) is 6.07 Å². The molecule has 5 heteroatoms. The molecule has 0 N–H and O–H groups in total. The van der Waals surface area contributed by atoms with Crippen molar-refractivity contribution in [3.63, 3.8) is 0 Å². The van der Waals surface area contributed by atoms with Crippen LogP contribution in [0.2, 0.25) is 0 Å². The fraction of sp³-hybridized carbons (Fsp3) is 0.0714. The number of hydrogen-bond donors (Lipinski definition) is 0. The van der Waals surface area contributed by atoms with E-state index in [2.05, 4.69) is 0 Å². The van der Waals surface area contributed by atoms with Crippen molar-refractivity contribution in [3.05, 3.63) is 65.5 Å². The molecule has 0 saturated carbocycles. The zero-order chi connectivity index (χ0) is 13.9. The van der Waals surface area contributed by atoms with Crippen LogP contribution < -0.4 is 0 Å². The standard InChI is InChI=1S/C14H10FNO2S/c15-13-6-3-7-14(8-13)19(17,18)10-12-5-2-1-4-11(12)9-16/h1-8H,10H2. The molecule has 0 unspecified atom stereocenters. The normalized spacial score (nSPS) is 10.9. The minimum Gasteiger partial charge on any atom is -0.223 e. The van der Waals surface area contributed by atoms with Gasteiger partial charge in [-0.1, -0.05) is 24.3 Å². The molecule has 0 heterocycles. The van der Waals surface area contributed by atoms with E-state index in [1.807, 2.05) is 6.07 Å². The summed E-state index contributed by atoms with van der Waals surface area (Å²) in [5.41, 5.74) is 0.719. The Kier molecular flexibility index (Phi) is 3.63. The van der Waals surface area contributed by atoms with E-state index in [0.29, 0.717) is 11.1 Å². The van der Waals surface area contributed by atoms with Crippen molar-refractivity contribution in [1.82, 2.24) is 0 Å². The van der Waals surface area contributed by atoms with E-state index in [4.69, 9.17) is 5.26 Å². The van der Waals surface area contributed by atoms with Crippen LogP contribution in [0, 0.1) is 17.1 Å². The first-order valence-corrected chi connectivity index (χ1v) is 7.14. The molecule has 2 aromatic carbocycles. The summed E-state index contributed by atoms with van der Waals surface area (Å²) in [5, 5.41) is 8.93. The second-order valence-corrected chi connectivity index (χ2v) is 5.97. The lowest BCUT2D eigenvalue weighted by atomic mass is 10.1. The van der Waals surface area contributed by atoms with Crippen LogP contribution in [0.1, 0.15) is 11.1 Å². The summed E-state index contributed by atoms with van der Waals surface area (Å²) < 4.78 is 37.4. The molecule has 0 radical (unpaired) electrons. The minimum absolute atomic E-state index is 0.0831. The van der Waals surface area contributed by atoms with Gasteiger partial charge < -0.3 is 0 Å². The molecule has 0 atom stereocenters. The Morgan fingerprint density at radius 3 is 2.53 bits per heavy atom. The number of nitriles is 1. The van der Waals surface area contributed by atoms with Gasteiger partial charge in [-0.05, 0) is 29.8 Å². The molecule has 0 aromatic heterocycles. The third-order valence-electron chi connectivity index (χ3n) is 2.64. The maximum atomic E-state index is 13.1. The van der Waals surface area contributed by atoms with Crippen molar-refractivity contribution in [1.29, 1.82) is 5.26 Å². The molecule has 0 bridgehead atoms. The zero-order valence-electron chi connectivity index (χ0n) is 9.88. The molecule has 96 valence electrons. The second-order valence-electron chi connectivity index (χ2n) is 3.99. The van der Waals surface area contributed by atoms with Gasteiger partial charge in [0.25, 0.3) is 0 Å². The molecule has 2 aromatic rings. The van der Waals surface area contributed by atoms with Crippen molar-refractivity contribution in [2.75, 3.05) is 0 Å². The molecule has 2 rings (SSSR count). The van der Waals surface area contributed by atoms with Crippen molar-refractivity contribution >= 4 is 9.84 Å². The van der Waals surface area contributed by atoms with Crippen molar-refractivity contribution in [2.45, 2.75) is 10.6 Å². The molecule has 0 aliphatic carbocycles. The predicted molar refractivity (Wildman–Crippen MR) is 68.4 cm³/mol. The maximum Gasteiger partial charge on any atom is 0.182 e. The molecular formula is C14H10FNO2S. The predicted octanol–water partition coefficient (Wildman–Crippen LogP) is 2.67. The third-order valence-corrected chi connectivity index (χ3v) is 4.30. The highest BCUT2D eigenvalue weighted by Crippen LogP contribution is 2.19. The van der Waals surface area contributed by atoms with Crippen LogP contribution in [0.15, 0.2) is 53.4 Å². The average molecular weight is 275 g/mol. The van der Waals surface area contributed by atoms with Gasteiger partial charge >= 0.3 is 0 Å². The Balaban J connectivity index is 2.40. The Morgan fingerprint density at radius 1 is 1.11 bits per heavy atom. The largest absolute Gasteiger partial charge is 0.223 e. The fourth-order valence-electron chi connectivity index (χ4n) is 1.70. The Bertz CT molecular complexity index is 748. The molecule has 19 heavy (non-hydrogen) atoms. The van der Waals surface area contributed by atoms with Gasteiger partial charge in [0, 0.05) is 0 Å². The highest BCUT2D eigenvalue weighted by atomic mass is 32.2. The van der Waals surface area contributed by atoms with Gasteiger partial charge in [0.05, 0.1) is 22.3 Å². The number of halogens is 1. The quantitative estimate of drug-likeness (QED) is 0.865. The van der Waals surface area contributed by atoms with Gasteiger partial charge in [-0.25, -0.2) is 12.8 Å². The number of rotatable bonds is 3. The van der Waals surface area contributed by atoms with Crippen LogP contribution in [0.5, 0.6) is 0 Å². The Hall–Kier alpha value is -2.19. The topological polar surface area (TPSA) is 57.9 Å². The highest BCUT2D eigenvalue weighted by Gasteiger charge is 2.17. The molecular weight excluding hydrogens is 265 g/mol. The highest BCUT2D eigenvalue weighted by molar-refractivity contribution is 7.90. The molecule has 0 aliphatic heterocycles. The maximum absolute atomic E-state index is 13.1. The van der Waals surface area contributed by atoms with Crippen LogP contribution in [-0.2, 0) is 15.6 Å². The molecule has 0 amide bonds. The van der Waals surface area contributed by atoms with Gasteiger partial charge in [0.1, 0.15) is 5.82 Å². The minimum atomic E-state index is -3.66. The first-order chi connectivity index (χ1) is 9.03. The molecule has 0 aliphatic rings. The fourth-order valence-corrected chi connectivity index (χ4v) is 3.11. The first kappa shape index (κ1) is 13.2. The van der Waals surface area contributed by atoms with Crippen molar-refractivity contribution in [2.24, 2.45) is 0 Å². The van der Waals surface area contributed by atoms with Crippen LogP contribution in [0.3, 0.4) is 0 Å². The van der Waals surface area contributed by atoms with Crippen LogP contribution in [0.4, 0.5) is 4.39 Å². The number of hydrogen-bond acceptors (Lipinski definition) is 3. The van der Waals surface area contributed by atoms with Crippen LogP contribution in [-0.4, -0.2) is 8.42 Å². The smallest absolute Gasteiger partial charge is 0.182 e. The third kappa shape index (κ3) is 2.98. The lowest BCUT2D eigenvalue weighted by molar-refractivity contribution is 0.590. The Morgan fingerprint density at radius 2 is 1.84 bits per heavy atom. The van der Waals surface area contributed by atoms with E-state index >= 15 is 0 Å². The van der Waals surface area contributed by atoms with E-state index in [1.165, 1.54) is 18.2 Å². The van der Waals surface area contributed by atoms with Gasteiger partial charge in [-0.2, -0.15) is 5.26 Å². The number of benzene rings is 2. The summed E-state index contributed by atoms with van der Waals surface area (Å²) in [5.74, 6) is -0.921. The summed E-state index contributed by atoms with van der Waals surface area (Å²) in [6.07, 6.45) is 0. The SMILES string of the molecule is N#Cc1ccccc1CS(=O)(=O)c1cccc(F)c1. The number of nitrogens with zero attached hydrogens (tertiary/aromatic N) is 1. The van der Waals surface area contributed by atoms with Gasteiger partial charge in [0.15, 0.2) is 9.84 Å². The summed E-state index contributed by atoms with van der Waals surface area (Å²) in [6, 6.07) is 13.2. The van der Waals surface area contributed by atoms with Crippen molar-refractivity contribution in [3.8, 4) is 6.07 Å². The van der Waals surface area contributed by atoms with E-state index < -0.39 is 15.7 Å². The Labute approximate surface area is 110 Å². The summed E-state index contributed by atoms with van der Waals surface area (Å²) in [4.78, 5) is -0.0831. The summed E-state index contributed by atoms with van der Waals surface area (Å²) >= 11 is 0. The van der Waals surface area contributed by atoms with Gasteiger partial charge in [-0.15, -0.1) is 0 Å². The number of sulfone groups is 1. The lowest BCUT2D eigenvalue weighted by Gasteiger charge is -2.06. The zero-order valence-corrected chi connectivity index (χ0v) is 10.7. The molecule has 0 fully saturated rings. The van der Waals surface area contributed by atoms with Crippen LogP contribution in [0.25, 0.3) is 0 Å².